The molecule has 3 aromatic carbocycles. The van der Waals surface area contributed by atoms with Gasteiger partial charge >= 0.3 is 0 Å². The Morgan fingerprint density at radius 1 is 0.731 bits per heavy atom. The normalized spacial score (nSPS) is 10.6. The first-order valence-corrected chi connectivity index (χ1v) is 9.39. The van der Waals surface area contributed by atoms with Crippen molar-refractivity contribution in [3.63, 3.8) is 0 Å². The van der Waals surface area contributed by atoms with Gasteiger partial charge in [0.1, 0.15) is 5.75 Å². The van der Waals surface area contributed by atoms with Crippen LogP contribution in [0.5, 0.6) is 5.75 Å². The Hall–Kier alpha value is -1.87. The van der Waals surface area contributed by atoms with Crippen LogP contribution in [-0.4, -0.2) is 6.61 Å². The van der Waals surface area contributed by atoms with Crippen molar-refractivity contribution in [2.45, 2.75) is 13.0 Å². The summed E-state index contributed by atoms with van der Waals surface area (Å²) in [5.74, 6) is 0.859. The highest BCUT2D eigenvalue weighted by atomic mass is 35.5. The zero-order valence-corrected chi connectivity index (χ0v) is 16.3. The third kappa shape index (κ3) is 5.31. The molecule has 5 heteroatoms. The second-order valence-corrected chi connectivity index (χ2v) is 7.05. The lowest BCUT2D eigenvalue weighted by Gasteiger charge is -2.11. The SMILES string of the molecule is Clc1cc(Cl)c(NCc2ccc(OCCc3ccccc3)cc2)cc1Cl. The molecule has 0 amide bonds. The van der Waals surface area contributed by atoms with Gasteiger partial charge in [0, 0.05) is 13.0 Å². The van der Waals surface area contributed by atoms with Gasteiger partial charge in [-0.1, -0.05) is 77.3 Å². The Labute approximate surface area is 168 Å². The summed E-state index contributed by atoms with van der Waals surface area (Å²) >= 11 is 18.2. The first-order chi connectivity index (χ1) is 12.6. The molecule has 0 fully saturated rings. The molecule has 3 rings (SSSR count). The van der Waals surface area contributed by atoms with E-state index in [1.165, 1.54) is 5.56 Å². The Morgan fingerprint density at radius 2 is 1.42 bits per heavy atom. The molecule has 3 aromatic rings. The van der Waals surface area contributed by atoms with E-state index in [9.17, 15) is 0 Å². The zero-order valence-electron chi connectivity index (χ0n) is 14.0. The van der Waals surface area contributed by atoms with Gasteiger partial charge in [0.15, 0.2) is 0 Å². The smallest absolute Gasteiger partial charge is 0.119 e. The van der Waals surface area contributed by atoms with Crippen molar-refractivity contribution in [1.29, 1.82) is 0 Å². The molecule has 0 atom stereocenters. The number of rotatable bonds is 7. The number of ether oxygens (including phenoxy) is 1. The molecule has 2 nitrogen and oxygen atoms in total. The fourth-order valence-corrected chi connectivity index (χ4v) is 3.10. The number of halogens is 3. The van der Waals surface area contributed by atoms with E-state index in [0.29, 0.717) is 28.2 Å². The summed E-state index contributed by atoms with van der Waals surface area (Å²) in [7, 11) is 0. The average Bonchev–Trinajstić information content (AvgIpc) is 2.65. The summed E-state index contributed by atoms with van der Waals surface area (Å²) in [6.45, 7) is 1.28. The van der Waals surface area contributed by atoms with Crippen LogP contribution in [0.1, 0.15) is 11.1 Å². The molecule has 0 bridgehead atoms. The van der Waals surface area contributed by atoms with Gasteiger partial charge in [0.25, 0.3) is 0 Å². The second kappa shape index (κ2) is 9.18. The minimum Gasteiger partial charge on any atom is -0.493 e. The lowest BCUT2D eigenvalue weighted by atomic mass is 10.2. The highest BCUT2D eigenvalue weighted by Gasteiger charge is 2.06. The van der Waals surface area contributed by atoms with Gasteiger partial charge in [-0.2, -0.15) is 0 Å². The molecule has 0 saturated heterocycles. The monoisotopic (exact) mass is 405 g/mol. The van der Waals surface area contributed by atoms with Crippen molar-refractivity contribution in [3.8, 4) is 5.75 Å². The lowest BCUT2D eigenvalue weighted by molar-refractivity contribution is 0.322. The zero-order chi connectivity index (χ0) is 18.4. The van der Waals surface area contributed by atoms with E-state index in [2.05, 4.69) is 17.4 Å². The van der Waals surface area contributed by atoms with Gasteiger partial charge in [-0.15, -0.1) is 0 Å². The van der Waals surface area contributed by atoms with Crippen molar-refractivity contribution < 1.29 is 4.74 Å². The van der Waals surface area contributed by atoms with E-state index in [4.69, 9.17) is 39.5 Å². The molecule has 0 aliphatic rings. The lowest BCUT2D eigenvalue weighted by Crippen LogP contribution is -2.02. The van der Waals surface area contributed by atoms with Crippen LogP contribution < -0.4 is 10.1 Å². The molecule has 26 heavy (non-hydrogen) atoms. The number of nitrogens with one attached hydrogen (secondary N) is 1. The largest absolute Gasteiger partial charge is 0.493 e. The number of hydrogen-bond acceptors (Lipinski definition) is 2. The minimum atomic E-state index is 0.444. The van der Waals surface area contributed by atoms with Crippen LogP contribution in [-0.2, 0) is 13.0 Å². The predicted molar refractivity (Wildman–Crippen MR) is 111 cm³/mol. The molecule has 0 saturated carbocycles. The molecule has 0 aliphatic heterocycles. The van der Waals surface area contributed by atoms with Crippen molar-refractivity contribution >= 4 is 40.5 Å². The summed E-state index contributed by atoms with van der Waals surface area (Å²) in [5, 5.41) is 4.72. The van der Waals surface area contributed by atoms with Gasteiger partial charge < -0.3 is 10.1 Å². The summed E-state index contributed by atoms with van der Waals surface area (Å²) < 4.78 is 5.80. The molecular formula is C21H18Cl3NO. The van der Waals surface area contributed by atoms with E-state index in [1.54, 1.807) is 12.1 Å². The maximum Gasteiger partial charge on any atom is 0.119 e. The van der Waals surface area contributed by atoms with Crippen LogP contribution >= 0.6 is 34.8 Å². The van der Waals surface area contributed by atoms with Gasteiger partial charge in [-0.25, -0.2) is 0 Å². The van der Waals surface area contributed by atoms with Gasteiger partial charge in [-0.05, 0) is 35.4 Å². The van der Waals surface area contributed by atoms with Crippen LogP contribution in [0.25, 0.3) is 0 Å². The van der Waals surface area contributed by atoms with Crippen molar-refractivity contribution in [3.05, 3.63) is 92.9 Å². The van der Waals surface area contributed by atoms with E-state index in [1.807, 2.05) is 42.5 Å². The van der Waals surface area contributed by atoms with Crippen molar-refractivity contribution in [2.24, 2.45) is 0 Å². The van der Waals surface area contributed by atoms with Crippen LogP contribution in [0, 0.1) is 0 Å². The third-order valence-electron chi connectivity index (χ3n) is 3.92. The van der Waals surface area contributed by atoms with Crippen LogP contribution in [0.2, 0.25) is 15.1 Å². The Bertz CT molecular complexity index is 851. The van der Waals surface area contributed by atoms with Crippen LogP contribution in [0.15, 0.2) is 66.7 Å². The Morgan fingerprint density at radius 3 is 2.15 bits per heavy atom. The Kier molecular flexibility index (Phi) is 6.67. The average molecular weight is 407 g/mol. The summed E-state index contributed by atoms with van der Waals surface area (Å²) in [5.41, 5.74) is 3.14. The fraction of sp³-hybridized carbons (Fsp3) is 0.143. The van der Waals surface area contributed by atoms with Gasteiger partial charge in [0.2, 0.25) is 0 Å². The number of hydrogen-bond donors (Lipinski definition) is 1. The van der Waals surface area contributed by atoms with Gasteiger partial charge in [0.05, 0.1) is 27.4 Å². The quantitative estimate of drug-likeness (QED) is 0.432. The second-order valence-electron chi connectivity index (χ2n) is 5.83. The van der Waals surface area contributed by atoms with Gasteiger partial charge in [-0.3, -0.25) is 0 Å². The van der Waals surface area contributed by atoms with Crippen LogP contribution in [0.3, 0.4) is 0 Å². The standard InChI is InChI=1S/C21H18Cl3NO/c22-18-12-20(24)21(13-19(18)23)25-14-16-6-8-17(9-7-16)26-11-10-15-4-2-1-3-5-15/h1-9,12-13,25H,10-11,14H2. The molecule has 1 N–H and O–H groups in total. The molecular weight excluding hydrogens is 389 g/mol. The highest BCUT2D eigenvalue weighted by molar-refractivity contribution is 6.44. The number of anilines is 1. The molecule has 0 spiro atoms. The summed E-state index contributed by atoms with van der Waals surface area (Å²) in [6.07, 6.45) is 0.889. The fourth-order valence-electron chi connectivity index (χ4n) is 2.49. The van der Waals surface area contributed by atoms with E-state index < -0.39 is 0 Å². The topological polar surface area (TPSA) is 21.3 Å². The van der Waals surface area contributed by atoms with Crippen molar-refractivity contribution in [1.82, 2.24) is 0 Å². The highest BCUT2D eigenvalue weighted by Crippen LogP contribution is 2.32. The molecule has 0 radical (unpaired) electrons. The summed E-state index contributed by atoms with van der Waals surface area (Å²) in [6, 6.07) is 21.7. The minimum absolute atomic E-state index is 0.444. The number of benzene rings is 3. The first-order valence-electron chi connectivity index (χ1n) is 8.26. The van der Waals surface area contributed by atoms with E-state index in [0.717, 1.165) is 23.4 Å². The van der Waals surface area contributed by atoms with E-state index in [-0.39, 0.29) is 0 Å². The maximum absolute atomic E-state index is 6.18. The summed E-state index contributed by atoms with van der Waals surface area (Å²) in [4.78, 5) is 0. The van der Waals surface area contributed by atoms with E-state index >= 15 is 0 Å². The van der Waals surface area contributed by atoms with Crippen molar-refractivity contribution in [2.75, 3.05) is 11.9 Å². The molecule has 0 aromatic heterocycles. The molecule has 0 unspecified atom stereocenters. The molecule has 0 aliphatic carbocycles. The predicted octanol–water partition coefficient (Wildman–Crippen LogP) is 6.88. The maximum atomic E-state index is 6.18. The Balaban J connectivity index is 1.51. The molecule has 0 heterocycles. The van der Waals surface area contributed by atoms with Crippen LogP contribution in [0.4, 0.5) is 5.69 Å². The third-order valence-corrected chi connectivity index (χ3v) is 4.95. The first kappa shape index (κ1) is 18.9. The molecule has 134 valence electrons.